The minimum absolute atomic E-state index is 0.205. The van der Waals surface area contributed by atoms with Gasteiger partial charge in [0.15, 0.2) is 11.5 Å². The van der Waals surface area contributed by atoms with E-state index < -0.39 is 5.97 Å². The van der Waals surface area contributed by atoms with E-state index in [4.69, 9.17) is 9.15 Å². The summed E-state index contributed by atoms with van der Waals surface area (Å²) in [6.07, 6.45) is 3.25. The number of hydrogen-bond acceptors (Lipinski definition) is 4. The van der Waals surface area contributed by atoms with Gasteiger partial charge < -0.3 is 9.15 Å². The summed E-state index contributed by atoms with van der Waals surface area (Å²) in [7, 11) is 0. The molecule has 0 fully saturated rings. The zero-order valence-electron chi connectivity index (χ0n) is 11.2. The van der Waals surface area contributed by atoms with Crippen LogP contribution in [0.3, 0.4) is 0 Å². The number of benzene rings is 1. The number of aryl methyl sites for hydroxylation is 2. The summed E-state index contributed by atoms with van der Waals surface area (Å²) in [5.74, 6) is 0.191. The average molecular weight is 267 g/mol. The van der Waals surface area contributed by atoms with E-state index in [0.717, 1.165) is 16.7 Å². The van der Waals surface area contributed by atoms with Crippen LogP contribution in [0.25, 0.3) is 6.08 Å². The monoisotopic (exact) mass is 267 g/mol. The maximum absolute atomic E-state index is 11.8. The van der Waals surface area contributed by atoms with E-state index in [1.807, 2.05) is 32.0 Å². The summed E-state index contributed by atoms with van der Waals surface area (Å²) < 4.78 is 10.3. The lowest BCUT2D eigenvalue weighted by atomic mass is 10.0. The smallest absolute Gasteiger partial charge is 0.363 e. The van der Waals surface area contributed by atoms with Gasteiger partial charge in [-0.25, -0.2) is 9.79 Å². The number of nitrogens with zero attached hydrogens (tertiary/aromatic N) is 1. The Balaban J connectivity index is 1.99. The molecule has 0 radical (unpaired) electrons. The van der Waals surface area contributed by atoms with Crippen LogP contribution in [0, 0.1) is 13.8 Å². The zero-order valence-corrected chi connectivity index (χ0v) is 11.2. The highest BCUT2D eigenvalue weighted by atomic mass is 16.6. The molecule has 20 heavy (non-hydrogen) atoms. The molecule has 0 spiro atoms. The van der Waals surface area contributed by atoms with Crippen molar-refractivity contribution in [2.45, 2.75) is 13.8 Å². The number of esters is 1. The van der Waals surface area contributed by atoms with Gasteiger partial charge in [0.2, 0.25) is 0 Å². The average Bonchev–Trinajstić information content (AvgIpc) is 3.04. The van der Waals surface area contributed by atoms with Crippen molar-refractivity contribution >= 4 is 17.9 Å². The number of furan rings is 1. The standard InChI is InChI=1S/C16H13NO3/c1-10-5-6-11(2)12(8-10)9-13-16(18)20-15(17-13)14-4-3-7-19-14/h3-9H,1-2H3/b13-9+. The van der Waals surface area contributed by atoms with Crippen LogP contribution in [0.4, 0.5) is 0 Å². The van der Waals surface area contributed by atoms with E-state index in [2.05, 4.69) is 4.99 Å². The summed E-state index contributed by atoms with van der Waals surface area (Å²) in [5.41, 5.74) is 3.45. The van der Waals surface area contributed by atoms with E-state index in [-0.39, 0.29) is 11.6 Å². The van der Waals surface area contributed by atoms with Crippen LogP contribution in [0.5, 0.6) is 0 Å². The highest BCUT2D eigenvalue weighted by Gasteiger charge is 2.25. The first-order chi connectivity index (χ1) is 9.63. The number of carbonyl (C=O) groups is 1. The first-order valence-corrected chi connectivity index (χ1v) is 6.27. The van der Waals surface area contributed by atoms with Gasteiger partial charge in [0.25, 0.3) is 5.90 Å². The van der Waals surface area contributed by atoms with Gasteiger partial charge in [0.05, 0.1) is 6.26 Å². The minimum Gasteiger partial charge on any atom is -0.459 e. The van der Waals surface area contributed by atoms with Crippen molar-refractivity contribution in [2.24, 2.45) is 4.99 Å². The van der Waals surface area contributed by atoms with Crippen LogP contribution < -0.4 is 0 Å². The molecule has 4 nitrogen and oxygen atoms in total. The van der Waals surface area contributed by atoms with E-state index in [1.165, 1.54) is 6.26 Å². The largest absolute Gasteiger partial charge is 0.459 e. The number of hydrogen-bond donors (Lipinski definition) is 0. The molecule has 0 bridgehead atoms. The van der Waals surface area contributed by atoms with Gasteiger partial charge >= 0.3 is 5.97 Å². The number of carbonyl (C=O) groups excluding carboxylic acids is 1. The molecule has 0 amide bonds. The molecule has 1 aliphatic rings. The van der Waals surface area contributed by atoms with Crippen molar-refractivity contribution in [2.75, 3.05) is 0 Å². The quantitative estimate of drug-likeness (QED) is 0.620. The molecule has 4 heteroatoms. The third-order valence-electron chi connectivity index (χ3n) is 3.08. The fourth-order valence-electron chi connectivity index (χ4n) is 1.98. The first-order valence-electron chi connectivity index (χ1n) is 6.27. The molecular formula is C16H13NO3. The SMILES string of the molecule is Cc1ccc(C)c(/C=C2/N=C(c3ccco3)OC2=O)c1. The lowest BCUT2D eigenvalue weighted by Crippen LogP contribution is -2.04. The first kappa shape index (κ1) is 12.4. The number of cyclic esters (lactones) is 1. The van der Waals surface area contributed by atoms with Crippen molar-refractivity contribution in [1.82, 2.24) is 0 Å². The molecule has 1 aliphatic heterocycles. The predicted octanol–water partition coefficient (Wildman–Crippen LogP) is 3.24. The summed E-state index contributed by atoms with van der Waals surface area (Å²) in [6.45, 7) is 4.00. The molecule has 0 aliphatic carbocycles. The third kappa shape index (κ3) is 2.28. The molecule has 1 aromatic carbocycles. The van der Waals surface area contributed by atoms with Crippen LogP contribution in [-0.2, 0) is 9.53 Å². The Labute approximate surface area is 116 Å². The zero-order chi connectivity index (χ0) is 14.1. The molecule has 100 valence electrons. The van der Waals surface area contributed by atoms with Crippen LogP contribution in [0.1, 0.15) is 22.5 Å². The summed E-state index contributed by atoms with van der Waals surface area (Å²) in [5, 5.41) is 0. The Morgan fingerprint density at radius 2 is 2.05 bits per heavy atom. The fraction of sp³-hybridized carbons (Fsp3) is 0.125. The maximum atomic E-state index is 11.8. The van der Waals surface area contributed by atoms with E-state index in [1.54, 1.807) is 18.2 Å². The Morgan fingerprint density at radius 1 is 1.20 bits per heavy atom. The van der Waals surface area contributed by atoms with Crippen molar-refractivity contribution in [1.29, 1.82) is 0 Å². The Morgan fingerprint density at radius 3 is 2.80 bits per heavy atom. The summed E-state index contributed by atoms with van der Waals surface area (Å²) >= 11 is 0. The van der Waals surface area contributed by atoms with Gasteiger partial charge in [-0.3, -0.25) is 0 Å². The van der Waals surface area contributed by atoms with Gasteiger partial charge in [0.1, 0.15) is 0 Å². The lowest BCUT2D eigenvalue weighted by Gasteiger charge is -2.01. The fourth-order valence-corrected chi connectivity index (χ4v) is 1.98. The molecule has 0 N–H and O–H groups in total. The highest BCUT2D eigenvalue weighted by Crippen LogP contribution is 2.21. The number of aliphatic imine (C=N–C) groups is 1. The van der Waals surface area contributed by atoms with Gasteiger partial charge in [0, 0.05) is 0 Å². The van der Waals surface area contributed by atoms with Gasteiger partial charge in [-0.1, -0.05) is 23.8 Å². The predicted molar refractivity (Wildman–Crippen MR) is 75.2 cm³/mol. The Hall–Kier alpha value is -2.62. The van der Waals surface area contributed by atoms with E-state index in [0.29, 0.717) is 5.76 Å². The van der Waals surface area contributed by atoms with E-state index >= 15 is 0 Å². The molecule has 0 saturated carbocycles. The van der Waals surface area contributed by atoms with Crippen LogP contribution in [0.2, 0.25) is 0 Å². The normalized spacial score (nSPS) is 16.4. The minimum atomic E-state index is -0.461. The van der Waals surface area contributed by atoms with Crippen LogP contribution in [0.15, 0.2) is 51.7 Å². The number of rotatable bonds is 2. The van der Waals surface area contributed by atoms with Crippen molar-refractivity contribution in [3.63, 3.8) is 0 Å². The van der Waals surface area contributed by atoms with Crippen molar-refractivity contribution in [3.05, 3.63) is 64.7 Å². The highest BCUT2D eigenvalue weighted by molar-refractivity contribution is 6.11. The second-order valence-corrected chi connectivity index (χ2v) is 4.67. The van der Waals surface area contributed by atoms with Crippen molar-refractivity contribution < 1.29 is 13.9 Å². The van der Waals surface area contributed by atoms with Gasteiger partial charge in [-0.05, 0) is 43.2 Å². The van der Waals surface area contributed by atoms with Gasteiger partial charge in [-0.2, -0.15) is 0 Å². The Bertz CT molecular complexity index is 724. The van der Waals surface area contributed by atoms with Crippen LogP contribution in [-0.4, -0.2) is 11.9 Å². The second kappa shape index (κ2) is 4.81. The molecular weight excluding hydrogens is 254 g/mol. The molecule has 1 aromatic heterocycles. The topological polar surface area (TPSA) is 51.8 Å². The molecule has 2 heterocycles. The van der Waals surface area contributed by atoms with Gasteiger partial charge in [-0.15, -0.1) is 0 Å². The number of ether oxygens (including phenoxy) is 1. The lowest BCUT2D eigenvalue weighted by molar-refractivity contribution is -0.130. The van der Waals surface area contributed by atoms with Crippen LogP contribution >= 0.6 is 0 Å². The molecule has 2 aromatic rings. The second-order valence-electron chi connectivity index (χ2n) is 4.67. The molecule has 0 unspecified atom stereocenters. The van der Waals surface area contributed by atoms with Crippen molar-refractivity contribution in [3.8, 4) is 0 Å². The third-order valence-corrected chi connectivity index (χ3v) is 3.08. The molecule has 0 atom stereocenters. The summed E-state index contributed by atoms with van der Waals surface area (Å²) in [6, 6.07) is 9.47. The Kier molecular flexibility index (Phi) is 2.99. The molecule has 3 rings (SSSR count). The molecule has 0 saturated heterocycles. The summed E-state index contributed by atoms with van der Waals surface area (Å²) in [4.78, 5) is 16.0. The van der Waals surface area contributed by atoms with E-state index in [9.17, 15) is 4.79 Å². The maximum Gasteiger partial charge on any atom is 0.363 e.